The van der Waals surface area contributed by atoms with Gasteiger partial charge < -0.3 is 10.0 Å². The Bertz CT molecular complexity index is 858. The third-order valence-corrected chi connectivity index (χ3v) is 5.26. The van der Waals surface area contributed by atoms with Crippen LogP contribution in [0.25, 0.3) is 5.69 Å². The Labute approximate surface area is 154 Å². The summed E-state index contributed by atoms with van der Waals surface area (Å²) in [5.74, 6) is -0.184. The Balaban J connectivity index is 1.65. The van der Waals surface area contributed by atoms with Gasteiger partial charge in [0.2, 0.25) is 0 Å². The molecule has 1 atom stereocenters. The van der Waals surface area contributed by atoms with Gasteiger partial charge in [-0.3, -0.25) is 4.79 Å². The van der Waals surface area contributed by atoms with Crippen LogP contribution in [0, 0.1) is 0 Å². The van der Waals surface area contributed by atoms with E-state index in [1.807, 2.05) is 0 Å². The summed E-state index contributed by atoms with van der Waals surface area (Å²) in [5.41, 5.74) is 1.06. The van der Waals surface area contributed by atoms with E-state index in [9.17, 15) is 23.1 Å². The number of aliphatic hydroxyl groups is 1. The Kier molecular flexibility index (Phi) is 4.46. The Hall–Kier alpha value is -2.35. The minimum Gasteiger partial charge on any atom is -0.391 e. The van der Waals surface area contributed by atoms with Gasteiger partial charge in [0.25, 0.3) is 5.91 Å². The first-order chi connectivity index (χ1) is 12.8. The number of aromatic nitrogens is 2. The Morgan fingerprint density at radius 2 is 1.85 bits per heavy atom. The number of hydrogen-bond donors (Lipinski definition) is 1. The number of benzene rings is 1. The van der Waals surface area contributed by atoms with Crippen LogP contribution in [-0.2, 0) is 19.0 Å². The topological polar surface area (TPSA) is 58.4 Å². The first-order valence-corrected chi connectivity index (χ1v) is 9.10. The highest BCUT2D eigenvalue weighted by Gasteiger charge is 2.39. The van der Waals surface area contributed by atoms with Crippen molar-refractivity contribution >= 4 is 5.91 Å². The molecule has 0 spiro atoms. The lowest BCUT2D eigenvalue weighted by atomic mass is 9.95. The number of fused-ring (bicyclic) bond motifs is 1. The van der Waals surface area contributed by atoms with Gasteiger partial charge in [0.05, 0.1) is 11.8 Å². The van der Waals surface area contributed by atoms with Crippen molar-refractivity contribution in [3.05, 3.63) is 46.8 Å². The minimum absolute atomic E-state index is 0.184. The lowest BCUT2D eigenvalue weighted by molar-refractivity contribution is -0.142. The third-order valence-electron chi connectivity index (χ3n) is 5.26. The van der Waals surface area contributed by atoms with Crippen molar-refractivity contribution in [2.75, 3.05) is 13.1 Å². The molecule has 2 heterocycles. The zero-order valence-corrected chi connectivity index (χ0v) is 14.7. The average molecular weight is 379 g/mol. The van der Waals surface area contributed by atoms with Crippen LogP contribution in [-0.4, -0.2) is 44.9 Å². The molecule has 1 aromatic carbocycles. The number of rotatable bonds is 2. The van der Waals surface area contributed by atoms with Crippen LogP contribution in [0.4, 0.5) is 13.2 Å². The molecule has 1 aromatic heterocycles. The molecular weight excluding hydrogens is 359 g/mol. The Morgan fingerprint density at radius 1 is 1.15 bits per heavy atom. The van der Waals surface area contributed by atoms with E-state index in [0.717, 1.165) is 12.8 Å². The fourth-order valence-corrected chi connectivity index (χ4v) is 3.89. The summed E-state index contributed by atoms with van der Waals surface area (Å²) in [4.78, 5) is 14.0. The molecule has 2 aliphatic rings. The maximum Gasteiger partial charge on any atom is 0.435 e. The van der Waals surface area contributed by atoms with Gasteiger partial charge in [-0.15, -0.1) is 0 Å². The second-order valence-corrected chi connectivity index (χ2v) is 7.13. The van der Waals surface area contributed by atoms with Crippen LogP contribution in [0.15, 0.2) is 24.3 Å². The number of likely N-dealkylation sites (tertiary alicyclic amines) is 1. The van der Waals surface area contributed by atoms with E-state index >= 15 is 0 Å². The maximum atomic E-state index is 13.3. The minimum atomic E-state index is -4.47. The maximum absolute atomic E-state index is 13.3. The third kappa shape index (κ3) is 3.34. The van der Waals surface area contributed by atoms with E-state index in [1.54, 1.807) is 29.2 Å². The summed E-state index contributed by atoms with van der Waals surface area (Å²) in [6.45, 7) is 0.811. The second kappa shape index (κ2) is 6.67. The molecule has 1 fully saturated rings. The molecule has 144 valence electrons. The molecule has 1 saturated heterocycles. The van der Waals surface area contributed by atoms with Gasteiger partial charge in [0.15, 0.2) is 5.69 Å². The molecular formula is C19H20F3N3O2. The number of nitrogens with zero attached hydrogens (tertiary/aromatic N) is 3. The van der Waals surface area contributed by atoms with Gasteiger partial charge in [-0.25, -0.2) is 4.68 Å². The quantitative estimate of drug-likeness (QED) is 0.873. The van der Waals surface area contributed by atoms with Crippen molar-refractivity contribution in [2.24, 2.45) is 0 Å². The first-order valence-electron chi connectivity index (χ1n) is 9.10. The standard InChI is InChI=1S/C19H20F3N3O2/c20-19(21,22)17-15-3-1-2-4-16(15)25(23-17)13-7-5-12(6-8-13)18(27)24-10-9-14(26)11-24/h5-8,14,26H,1-4,9-11H2. The second-order valence-electron chi connectivity index (χ2n) is 7.13. The normalized spacial score (nSPS) is 20.0. The fourth-order valence-electron chi connectivity index (χ4n) is 3.89. The van der Waals surface area contributed by atoms with E-state index in [4.69, 9.17) is 0 Å². The van der Waals surface area contributed by atoms with E-state index < -0.39 is 18.0 Å². The van der Waals surface area contributed by atoms with Crippen molar-refractivity contribution in [2.45, 2.75) is 44.4 Å². The predicted molar refractivity (Wildman–Crippen MR) is 91.7 cm³/mol. The number of amides is 1. The van der Waals surface area contributed by atoms with E-state index in [2.05, 4.69) is 5.10 Å². The molecule has 4 rings (SSSR count). The number of β-amino-alcohol motifs (C(OH)–C–C–N with tert-alkyl or cyclic N) is 1. The van der Waals surface area contributed by atoms with Gasteiger partial charge >= 0.3 is 6.18 Å². The van der Waals surface area contributed by atoms with Crippen LogP contribution in [0.3, 0.4) is 0 Å². The molecule has 5 nitrogen and oxygen atoms in total. The van der Waals surface area contributed by atoms with E-state index in [-0.39, 0.29) is 5.91 Å². The SMILES string of the molecule is O=C(c1ccc(-n2nc(C(F)(F)F)c3c2CCCC3)cc1)N1CCC(O)C1. The van der Waals surface area contributed by atoms with E-state index in [0.29, 0.717) is 54.9 Å². The summed E-state index contributed by atoms with van der Waals surface area (Å²) in [7, 11) is 0. The van der Waals surface area contributed by atoms with Gasteiger partial charge in [-0.1, -0.05) is 0 Å². The number of halogens is 3. The fraction of sp³-hybridized carbons (Fsp3) is 0.474. The van der Waals surface area contributed by atoms with Gasteiger partial charge in [0, 0.05) is 29.9 Å². The molecule has 0 radical (unpaired) electrons. The molecule has 27 heavy (non-hydrogen) atoms. The summed E-state index contributed by atoms with van der Waals surface area (Å²) in [6.07, 6.45) is -1.89. The molecule has 1 aliphatic carbocycles. The van der Waals surface area contributed by atoms with Gasteiger partial charge in [-0.05, 0) is 56.4 Å². The van der Waals surface area contributed by atoms with E-state index in [1.165, 1.54) is 4.68 Å². The Morgan fingerprint density at radius 3 is 2.48 bits per heavy atom. The number of alkyl halides is 3. The zero-order chi connectivity index (χ0) is 19.2. The molecule has 1 N–H and O–H groups in total. The molecule has 0 bridgehead atoms. The van der Waals surface area contributed by atoms with Crippen LogP contribution in [0.1, 0.15) is 46.6 Å². The van der Waals surface area contributed by atoms with Crippen molar-refractivity contribution in [3.63, 3.8) is 0 Å². The highest BCUT2D eigenvalue weighted by Crippen LogP contribution is 2.36. The number of carbonyl (C=O) groups is 1. The highest BCUT2D eigenvalue weighted by atomic mass is 19.4. The predicted octanol–water partition coefficient (Wildman–Crippen LogP) is 2.98. The number of carbonyl (C=O) groups excluding carboxylic acids is 1. The van der Waals surface area contributed by atoms with Gasteiger partial charge in [-0.2, -0.15) is 18.3 Å². The largest absolute Gasteiger partial charge is 0.435 e. The summed E-state index contributed by atoms with van der Waals surface area (Å²) < 4.78 is 41.4. The van der Waals surface area contributed by atoms with Crippen molar-refractivity contribution in [3.8, 4) is 5.69 Å². The average Bonchev–Trinajstić information content (AvgIpc) is 3.25. The van der Waals surface area contributed by atoms with Crippen LogP contribution < -0.4 is 0 Å². The molecule has 0 saturated carbocycles. The number of aliphatic hydroxyl groups excluding tert-OH is 1. The number of hydrogen-bond acceptors (Lipinski definition) is 3. The van der Waals surface area contributed by atoms with Gasteiger partial charge in [0.1, 0.15) is 0 Å². The summed E-state index contributed by atoms with van der Waals surface area (Å²) >= 11 is 0. The van der Waals surface area contributed by atoms with Crippen LogP contribution >= 0.6 is 0 Å². The van der Waals surface area contributed by atoms with Crippen molar-refractivity contribution < 1.29 is 23.1 Å². The highest BCUT2D eigenvalue weighted by molar-refractivity contribution is 5.94. The summed E-state index contributed by atoms with van der Waals surface area (Å²) in [5, 5.41) is 13.4. The smallest absolute Gasteiger partial charge is 0.391 e. The molecule has 1 aliphatic heterocycles. The molecule has 1 amide bonds. The lowest BCUT2D eigenvalue weighted by Gasteiger charge is -2.16. The van der Waals surface area contributed by atoms with Crippen LogP contribution in [0.2, 0.25) is 0 Å². The monoisotopic (exact) mass is 379 g/mol. The first kappa shape index (κ1) is 18.0. The summed E-state index contributed by atoms with van der Waals surface area (Å²) in [6, 6.07) is 6.46. The van der Waals surface area contributed by atoms with Crippen molar-refractivity contribution in [1.82, 2.24) is 14.7 Å². The van der Waals surface area contributed by atoms with Crippen LogP contribution in [0.5, 0.6) is 0 Å². The molecule has 8 heteroatoms. The lowest BCUT2D eigenvalue weighted by Crippen LogP contribution is -2.29. The molecule has 2 aromatic rings. The van der Waals surface area contributed by atoms with Crippen molar-refractivity contribution in [1.29, 1.82) is 0 Å². The zero-order valence-electron chi connectivity index (χ0n) is 14.7. The molecule has 1 unspecified atom stereocenters.